The van der Waals surface area contributed by atoms with Gasteiger partial charge in [-0.05, 0) is 73.7 Å². The average Bonchev–Trinajstić information content (AvgIpc) is 3.56. The number of rotatable bonds is 10. The highest BCUT2D eigenvalue weighted by atomic mass is 19.1. The van der Waals surface area contributed by atoms with E-state index in [1.165, 1.54) is 21.8 Å². The number of hydrogen-bond donors (Lipinski definition) is 1. The van der Waals surface area contributed by atoms with Gasteiger partial charge in [-0.2, -0.15) is 4.80 Å². The third kappa shape index (κ3) is 6.97. The van der Waals surface area contributed by atoms with Gasteiger partial charge in [0.25, 0.3) is 5.91 Å². The second kappa shape index (κ2) is 12.1. The number of carbonyl (C=O) groups excluding carboxylic acids is 2. The van der Waals surface area contributed by atoms with Crippen LogP contribution in [0.2, 0.25) is 0 Å². The van der Waals surface area contributed by atoms with Gasteiger partial charge < -0.3 is 10.1 Å². The molecule has 9 nitrogen and oxygen atoms in total. The quantitative estimate of drug-likeness (QED) is 0.450. The van der Waals surface area contributed by atoms with E-state index < -0.39 is 6.04 Å². The van der Waals surface area contributed by atoms with Crippen LogP contribution in [0.25, 0.3) is 11.4 Å². The van der Waals surface area contributed by atoms with Crippen LogP contribution in [0, 0.1) is 18.7 Å². The number of nitrogens with one attached hydrogen (secondary N) is 1. The summed E-state index contributed by atoms with van der Waals surface area (Å²) in [6.07, 6.45) is 2.36. The summed E-state index contributed by atoms with van der Waals surface area (Å²) in [7, 11) is 0. The minimum Gasteiger partial charge on any atom is -0.376 e. The SMILES string of the molecule is Cc1ccc(N(C(=O)Cn2nnc(-c3ccc(F)cc3)n2)[C@@H](CC(C)C)C(=O)NC[C@H]2CCCO2)cc1. The highest BCUT2D eigenvalue weighted by molar-refractivity contribution is 6.00. The first-order chi connectivity index (χ1) is 17.8. The van der Waals surface area contributed by atoms with Crippen LogP contribution in [-0.4, -0.2) is 57.3 Å². The molecule has 0 radical (unpaired) electrons. The first kappa shape index (κ1) is 26.4. The summed E-state index contributed by atoms with van der Waals surface area (Å²) >= 11 is 0. The van der Waals surface area contributed by atoms with Crippen molar-refractivity contribution in [3.05, 3.63) is 59.9 Å². The van der Waals surface area contributed by atoms with E-state index in [9.17, 15) is 14.0 Å². The number of benzene rings is 2. The van der Waals surface area contributed by atoms with E-state index in [-0.39, 0.29) is 42.0 Å². The Morgan fingerprint density at radius 2 is 1.89 bits per heavy atom. The molecule has 4 rings (SSSR count). The van der Waals surface area contributed by atoms with Crippen LogP contribution in [0.4, 0.5) is 10.1 Å². The Labute approximate surface area is 216 Å². The molecule has 1 aliphatic heterocycles. The third-order valence-electron chi connectivity index (χ3n) is 6.25. The van der Waals surface area contributed by atoms with Gasteiger partial charge in [0.1, 0.15) is 18.4 Å². The molecule has 196 valence electrons. The van der Waals surface area contributed by atoms with Crippen LogP contribution in [0.5, 0.6) is 0 Å². The van der Waals surface area contributed by atoms with Crippen molar-refractivity contribution in [2.75, 3.05) is 18.1 Å². The highest BCUT2D eigenvalue weighted by Gasteiger charge is 2.33. The summed E-state index contributed by atoms with van der Waals surface area (Å²) in [6.45, 7) is 6.91. The maximum absolute atomic E-state index is 13.7. The number of hydrogen-bond acceptors (Lipinski definition) is 6. The number of nitrogens with zero attached hydrogens (tertiary/aromatic N) is 5. The van der Waals surface area contributed by atoms with E-state index in [4.69, 9.17) is 4.74 Å². The zero-order chi connectivity index (χ0) is 26.4. The molecular weight excluding hydrogens is 475 g/mol. The summed E-state index contributed by atoms with van der Waals surface area (Å²) in [5.74, 6) is -0.493. The molecule has 1 saturated heterocycles. The molecule has 1 aliphatic rings. The summed E-state index contributed by atoms with van der Waals surface area (Å²) in [6, 6.07) is 12.5. The average molecular weight is 509 g/mol. The molecule has 0 aliphatic carbocycles. The monoisotopic (exact) mass is 508 g/mol. The molecule has 1 N–H and O–H groups in total. The van der Waals surface area contributed by atoms with Gasteiger partial charge in [0, 0.05) is 24.4 Å². The molecule has 0 unspecified atom stereocenters. The summed E-state index contributed by atoms with van der Waals surface area (Å²) in [4.78, 5) is 29.9. The molecule has 1 aromatic heterocycles. The smallest absolute Gasteiger partial charge is 0.251 e. The molecule has 2 aromatic carbocycles. The van der Waals surface area contributed by atoms with Gasteiger partial charge in [0.2, 0.25) is 11.7 Å². The van der Waals surface area contributed by atoms with Crippen molar-refractivity contribution < 1.29 is 18.7 Å². The lowest BCUT2D eigenvalue weighted by Crippen LogP contribution is -2.52. The maximum atomic E-state index is 13.7. The normalized spacial score (nSPS) is 16.1. The largest absolute Gasteiger partial charge is 0.376 e. The van der Waals surface area contributed by atoms with Gasteiger partial charge in [0.15, 0.2) is 0 Å². The van der Waals surface area contributed by atoms with E-state index >= 15 is 0 Å². The fourth-order valence-corrected chi connectivity index (χ4v) is 4.34. The molecule has 37 heavy (non-hydrogen) atoms. The summed E-state index contributed by atoms with van der Waals surface area (Å²) in [5, 5.41) is 15.3. The Balaban J connectivity index is 1.58. The van der Waals surface area contributed by atoms with Gasteiger partial charge in [-0.15, -0.1) is 10.2 Å². The summed E-state index contributed by atoms with van der Waals surface area (Å²) in [5.41, 5.74) is 2.25. The van der Waals surface area contributed by atoms with Crippen molar-refractivity contribution in [2.24, 2.45) is 5.92 Å². The van der Waals surface area contributed by atoms with Crippen LogP contribution >= 0.6 is 0 Å². The Bertz CT molecular complexity index is 1190. The number of tetrazole rings is 1. The third-order valence-corrected chi connectivity index (χ3v) is 6.25. The molecule has 3 aromatic rings. The molecule has 2 atom stereocenters. The molecule has 0 bridgehead atoms. The predicted molar refractivity (Wildman–Crippen MR) is 137 cm³/mol. The lowest BCUT2D eigenvalue weighted by Gasteiger charge is -2.32. The minimum atomic E-state index is -0.725. The molecule has 0 saturated carbocycles. The van der Waals surface area contributed by atoms with Gasteiger partial charge in [-0.1, -0.05) is 31.5 Å². The van der Waals surface area contributed by atoms with Crippen LogP contribution in [0.1, 0.15) is 38.7 Å². The Morgan fingerprint density at radius 1 is 1.16 bits per heavy atom. The lowest BCUT2D eigenvalue weighted by atomic mass is 10.00. The van der Waals surface area contributed by atoms with Crippen LogP contribution in [-0.2, 0) is 20.9 Å². The second-order valence-corrected chi connectivity index (χ2v) is 9.78. The zero-order valence-electron chi connectivity index (χ0n) is 21.4. The van der Waals surface area contributed by atoms with Crippen LogP contribution in [0.3, 0.4) is 0 Å². The topological polar surface area (TPSA) is 102 Å². The Kier molecular flexibility index (Phi) is 8.60. The second-order valence-electron chi connectivity index (χ2n) is 9.78. The number of aryl methyl sites for hydroxylation is 1. The molecule has 0 spiro atoms. The van der Waals surface area contributed by atoms with Crippen molar-refractivity contribution in [1.29, 1.82) is 0 Å². The Hall–Kier alpha value is -3.66. The Morgan fingerprint density at radius 3 is 2.54 bits per heavy atom. The zero-order valence-corrected chi connectivity index (χ0v) is 21.4. The molecular formula is C27H33FN6O3. The number of anilines is 1. The van der Waals surface area contributed by atoms with Crippen molar-refractivity contribution in [3.63, 3.8) is 0 Å². The predicted octanol–water partition coefficient (Wildman–Crippen LogP) is 3.53. The first-order valence-corrected chi connectivity index (χ1v) is 12.6. The van der Waals surface area contributed by atoms with Crippen LogP contribution in [0.15, 0.2) is 48.5 Å². The standard InChI is InChI=1S/C27H33FN6O3/c1-18(2)15-24(27(36)29-16-23-5-4-14-37-23)34(22-12-6-19(3)7-13-22)25(35)17-33-31-26(30-32-33)20-8-10-21(28)11-9-20/h6-13,18,23-24H,4-5,14-17H2,1-3H3,(H,29,36)/t23-,24+/m1/s1. The van der Waals surface area contributed by atoms with Crippen molar-refractivity contribution in [3.8, 4) is 11.4 Å². The molecule has 10 heteroatoms. The number of aromatic nitrogens is 4. The van der Waals surface area contributed by atoms with Crippen molar-refractivity contribution in [2.45, 2.75) is 58.7 Å². The number of amides is 2. The number of ether oxygens (including phenoxy) is 1. The number of carbonyl (C=O) groups is 2. The molecule has 2 heterocycles. The highest BCUT2D eigenvalue weighted by Crippen LogP contribution is 2.23. The molecule has 1 fully saturated rings. The molecule has 2 amide bonds. The van der Waals surface area contributed by atoms with Crippen molar-refractivity contribution >= 4 is 17.5 Å². The van der Waals surface area contributed by atoms with Crippen LogP contribution < -0.4 is 10.2 Å². The van der Waals surface area contributed by atoms with E-state index in [1.807, 2.05) is 45.0 Å². The number of halogens is 1. The van der Waals surface area contributed by atoms with E-state index in [0.29, 0.717) is 30.8 Å². The van der Waals surface area contributed by atoms with Gasteiger partial charge >= 0.3 is 0 Å². The first-order valence-electron chi connectivity index (χ1n) is 12.6. The van der Waals surface area contributed by atoms with Gasteiger partial charge in [-0.3, -0.25) is 14.5 Å². The minimum absolute atomic E-state index is 0.00333. The van der Waals surface area contributed by atoms with Gasteiger partial charge in [-0.25, -0.2) is 4.39 Å². The van der Waals surface area contributed by atoms with Gasteiger partial charge in [0.05, 0.1) is 6.10 Å². The van der Waals surface area contributed by atoms with E-state index in [2.05, 4.69) is 20.7 Å². The summed E-state index contributed by atoms with van der Waals surface area (Å²) < 4.78 is 18.9. The maximum Gasteiger partial charge on any atom is 0.251 e. The van der Waals surface area contributed by atoms with E-state index in [0.717, 1.165) is 18.4 Å². The lowest BCUT2D eigenvalue weighted by molar-refractivity contribution is -0.127. The fraction of sp³-hybridized carbons (Fsp3) is 0.444. The van der Waals surface area contributed by atoms with Crippen molar-refractivity contribution in [1.82, 2.24) is 25.5 Å². The fourth-order valence-electron chi connectivity index (χ4n) is 4.34. The van der Waals surface area contributed by atoms with E-state index in [1.54, 1.807) is 12.1 Å².